The van der Waals surface area contributed by atoms with Gasteiger partial charge < -0.3 is 4.74 Å². The molecule has 6 nitrogen and oxygen atoms in total. The number of benzene rings is 2. The minimum Gasteiger partial charge on any atom is -0.403 e. The number of nitro benzene ring substituents is 1. The first-order chi connectivity index (χ1) is 12.4. The molecule has 0 spiro atoms. The Labute approximate surface area is 158 Å². The van der Waals surface area contributed by atoms with Crippen molar-refractivity contribution in [1.82, 2.24) is 0 Å². The lowest BCUT2D eigenvalue weighted by atomic mass is 10.2. The summed E-state index contributed by atoms with van der Waals surface area (Å²) in [6.45, 7) is 0. The van der Waals surface area contributed by atoms with E-state index in [-0.39, 0.29) is 17.3 Å². The van der Waals surface area contributed by atoms with Gasteiger partial charge in [0.1, 0.15) is 0 Å². The van der Waals surface area contributed by atoms with Crippen LogP contribution in [0.15, 0.2) is 59.2 Å². The SMILES string of the molecule is O=C1OC(/C=C/c2cccc([N+](=O)[O-])c2)=NC/1=C/c1ccc(Cl)cc1Cl. The number of rotatable bonds is 4. The van der Waals surface area contributed by atoms with Crippen molar-refractivity contribution in [3.8, 4) is 0 Å². The number of aliphatic imine (C=N–C) groups is 1. The van der Waals surface area contributed by atoms with Gasteiger partial charge in [-0.3, -0.25) is 10.1 Å². The lowest BCUT2D eigenvalue weighted by molar-refractivity contribution is -0.384. The molecule has 8 heteroatoms. The third-order valence-corrected chi connectivity index (χ3v) is 3.95. The molecule has 0 aliphatic carbocycles. The van der Waals surface area contributed by atoms with Crippen LogP contribution in [0.4, 0.5) is 5.69 Å². The van der Waals surface area contributed by atoms with Gasteiger partial charge in [0.2, 0.25) is 5.90 Å². The molecular weight excluding hydrogens is 379 g/mol. The molecule has 0 bridgehead atoms. The highest BCUT2D eigenvalue weighted by Gasteiger charge is 2.21. The third-order valence-electron chi connectivity index (χ3n) is 3.39. The average molecular weight is 389 g/mol. The van der Waals surface area contributed by atoms with E-state index < -0.39 is 10.9 Å². The maximum absolute atomic E-state index is 11.9. The summed E-state index contributed by atoms with van der Waals surface area (Å²) in [4.78, 5) is 26.3. The number of esters is 1. The molecule has 0 saturated heterocycles. The van der Waals surface area contributed by atoms with Crippen molar-refractivity contribution in [3.05, 3.63) is 85.5 Å². The first-order valence-electron chi connectivity index (χ1n) is 7.32. The molecule has 130 valence electrons. The summed E-state index contributed by atoms with van der Waals surface area (Å²) in [7, 11) is 0. The first kappa shape index (κ1) is 17.8. The molecule has 26 heavy (non-hydrogen) atoms. The van der Waals surface area contributed by atoms with Crippen LogP contribution in [0.5, 0.6) is 0 Å². The fourth-order valence-electron chi connectivity index (χ4n) is 2.17. The monoisotopic (exact) mass is 388 g/mol. The summed E-state index contributed by atoms with van der Waals surface area (Å²) < 4.78 is 5.06. The molecule has 1 aliphatic heterocycles. The van der Waals surface area contributed by atoms with E-state index in [4.69, 9.17) is 27.9 Å². The molecule has 0 unspecified atom stereocenters. The highest BCUT2D eigenvalue weighted by Crippen LogP contribution is 2.25. The molecule has 0 amide bonds. The van der Waals surface area contributed by atoms with Crippen LogP contribution in [0.3, 0.4) is 0 Å². The van der Waals surface area contributed by atoms with Gasteiger partial charge in [-0.05, 0) is 35.4 Å². The average Bonchev–Trinajstić information content (AvgIpc) is 2.95. The maximum atomic E-state index is 11.9. The van der Waals surface area contributed by atoms with E-state index in [1.807, 2.05) is 0 Å². The minimum atomic E-state index is -0.616. The van der Waals surface area contributed by atoms with Crippen molar-refractivity contribution in [2.24, 2.45) is 4.99 Å². The van der Waals surface area contributed by atoms with E-state index >= 15 is 0 Å². The van der Waals surface area contributed by atoms with E-state index in [9.17, 15) is 14.9 Å². The van der Waals surface area contributed by atoms with Crippen molar-refractivity contribution in [1.29, 1.82) is 0 Å². The van der Waals surface area contributed by atoms with Crippen molar-refractivity contribution in [2.75, 3.05) is 0 Å². The van der Waals surface area contributed by atoms with E-state index in [1.165, 1.54) is 24.3 Å². The topological polar surface area (TPSA) is 81.8 Å². The number of hydrogen-bond donors (Lipinski definition) is 0. The van der Waals surface area contributed by atoms with Crippen LogP contribution in [0.1, 0.15) is 11.1 Å². The van der Waals surface area contributed by atoms with Gasteiger partial charge in [0.25, 0.3) is 5.69 Å². The van der Waals surface area contributed by atoms with Crippen LogP contribution in [-0.2, 0) is 9.53 Å². The number of carbonyl (C=O) groups excluding carboxylic acids is 1. The van der Waals surface area contributed by atoms with Gasteiger partial charge in [-0.2, -0.15) is 0 Å². The Morgan fingerprint density at radius 1 is 1.12 bits per heavy atom. The predicted octanol–water partition coefficient (Wildman–Crippen LogP) is 4.91. The molecule has 2 aromatic carbocycles. The number of halogens is 2. The Morgan fingerprint density at radius 3 is 2.65 bits per heavy atom. The number of cyclic esters (lactones) is 1. The largest absolute Gasteiger partial charge is 0.403 e. The summed E-state index contributed by atoms with van der Waals surface area (Å²) >= 11 is 11.9. The normalized spacial score (nSPS) is 15.4. The van der Waals surface area contributed by atoms with Crippen LogP contribution in [0, 0.1) is 10.1 Å². The molecule has 0 aromatic heterocycles. The fraction of sp³-hybridized carbons (Fsp3) is 0. The van der Waals surface area contributed by atoms with E-state index in [0.717, 1.165) is 0 Å². The molecule has 0 N–H and O–H groups in total. The fourth-order valence-corrected chi connectivity index (χ4v) is 2.64. The van der Waals surface area contributed by atoms with Gasteiger partial charge >= 0.3 is 5.97 Å². The molecular formula is C18H10Cl2N2O4. The second-order valence-electron chi connectivity index (χ2n) is 5.22. The zero-order valence-electron chi connectivity index (χ0n) is 13.1. The number of non-ortho nitro benzene ring substituents is 1. The number of ether oxygens (including phenoxy) is 1. The van der Waals surface area contributed by atoms with Crippen molar-refractivity contribution >= 4 is 52.9 Å². The quantitative estimate of drug-likeness (QED) is 0.322. The summed E-state index contributed by atoms with van der Waals surface area (Å²) in [5.41, 5.74) is 1.22. The molecule has 1 heterocycles. The second-order valence-corrected chi connectivity index (χ2v) is 6.06. The van der Waals surface area contributed by atoms with Crippen molar-refractivity contribution < 1.29 is 14.5 Å². The molecule has 0 radical (unpaired) electrons. The first-order valence-corrected chi connectivity index (χ1v) is 8.08. The van der Waals surface area contributed by atoms with Gasteiger partial charge in [-0.1, -0.05) is 41.4 Å². The third kappa shape index (κ3) is 4.17. The molecule has 0 atom stereocenters. The van der Waals surface area contributed by atoms with Gasteiger partial charge in [-0.25, -0.2) is 9.79 Å². The lowest BCUT2D eigenvalue weighted by Crippen LogP contribution is -2.01. The molecule has 3 rings (SSSR count). The predicted molar refractivity (Wildman–Crippen MR) is 100 cm³/mol. The molecule has 0 saturated carbocycles. The standard InChI is InChI=1S/C18H10Cl2N2O4/c19-13-6-5-12(15(20)10-13)9-16-18(23)26-17(21-16)7-4-11-2-1-3-14(8-11)22(24)25/h1-10H/b7-4+,16-9+. The van der Waals surface area contributed by atoms with Crippen molar-refractivity contribution in [3.63, 3.8) is 0 Å². The van der Waals surface area contributed by atoms with Crippen LogP contribution in [-0.4, -0.2) is 16.8 Å². The molecule has 1 aliphatic rings. The molecule has 2 aromatic rings. The number of nitrogens with zero attached hydrogens (tertiary/aromatic N) is 2. The van der Waals surface area contributed by atoms with Crippen LogP contribution < -0.4 is 0 Å². The molecule has 0 fully saturated rings. The Balaban J connectivity index is 1.83. The zero-order chi connectivity index (χ0) is 18.7. The van der Waals surface area contributed by atoms with E-state index in [2.05, 4.69) is 4.99 Å². The van der Waals surface area contributed by atoms with E-state index in [0.29, 0.717) is 21.2 Å². The number of nitro groups is 1. The summed E-state index contributed by atoms with van der Waals surface area (Å²) in [6, 6.07) is 10.9. The highest BCUT2D eigenvalue weighted by atomic mass is 35.5. The Hall–Kier alpha value is -2.96. The van der Waals surface area contributed by atoms with Crippen LogP contribution in [0.2, 0.25) is 10.0 Å². The summed E-state index contributed by atoms with van der Waals surface area (Å²) in [5.74, 6) is -0.535. The van der Waals surface area contributed by atoms with Crippen LogP contribution in [0.25, 0.3) is 12.2 Å². The van der Waals surface area contributed by atoms with Gasteiger partial charge in [0.05, 0.1) is 4.92 Å². The summed E-state index contributed by atoms with van der Waals surface area (Å²) in [5, 5.41) is 11.6. The van der Waals surface area contributed by atoms with Gasteiger partial charge in [0.15, 0.2) is 5.70 Å². The number of carbonyl (C=O) groups is 1. The zero-order valence-corrected chi connectivity index (χ0v) is 14.6. The highest BCUT2D eigenvalue weighted by molar-refractivity contribution is 6.35. The lowest BCUT2D eigenvalue weighted by Gasteiger charge is -1.98. The maximum Gasteiger partial charge on any atom is 0.363 e. The smallest absolute Gasteiger partial charge is 0.363 e. The Morgan fingerprint density at radius 2 is 1.92 bits per heavy atom. The Kier molecular flexibility index (Phi) is 5.16. The van der Waals surface area contributed by atoms with Gasteiger partial charge in [0, 0.05) is 28.3 Å². The minimum absolute atomic E-state index is 0.0320. The van der Waals surface area contributed by atoms with Gasteiger partial charge in [-0.15, -0.1) is 0 Å². The number of hydrogen-bond acceptors (Lipinski definition) is 5. The van der Waals surface area contributed by atoms with Crippen molar-refractivity contribution in [2.45, 2.75) is 0 Å². The van der Waals surface area contributed by atoms with Crippen LogP contribution >= 0.6 is 23.2 Å². The van der Waals surface area contributed by atoms with E-state index in [1.54, 1.807) is 36.4 Å². The Bertz CT molecular complexity index is 996. The second kappa shape index (κ2) is 7.51. The summed E-state index contributed by atoms with van der Waals surface area (Å²) in [6.07, 6.45) is 4.52.